The van der Waals surface area contributed by atoms with Gasteiger partial charge in [0, 0.05) is 50.5 Å². The fourth-order valence-corrected chi connectivity index (χ4v) is 3.79. The van der Waals surface area contributed by atoms with Crippen LogP contribution in [0.2, 0.25) is 0 Å². The minimum atomic E-state index is -2.49. The second-order valence-electron chi connectivity index (χ2n) is 6.86. The van der Waals surface area contributed by atoms with Crippen molar-refractivity contribution in [1.29, 1.82) is 0 Å². The van der Waals surface area contributed by atoms with E-state index in [0.29, 0.717) is 13.1 Å². The van der Waals surface area contributed by atoms with Crippen molar-refractivity contribution >= 4 is 16.5 Å². The van der Waals surface area contributed by atoms with Gasteiger partial charge in [-0.25, -0.2) is 18.2 Å². The molecule has 1 aromatic carbocycles. The first kappa shape index (κ1) is 19.7. The van der Waals surface area contributed by atoms with E-state index in [4.69, 9.17) is 0 Å². The van der Waals surface area contributed by atoms with Gasteiger partial charge in [-0.15, -0.1) is 11.3 Å². The van der Waals surface area contributed by atoms with Crippen LogP contribution < -0.4 is 4.90 Å². The summed E-state index contributed by atoms with van der Waals surface area (Å²) in [4.78, 5) is 8.69. The fourth-order valence-electron chi connectivity index (χ4n) is 2.96. The predicted molar refractivity (Wildman–Crippen MR) is 105 cm³/mol. The average molecular weight is 395 g/mol. The third-order valence-corrected chi connectivity index (χ3v) is 5.62. The summed E-state index contributed by atoms with van der Waals surface area (Å²) in [6, 6.07) is 6.34. The first-order valence-corrected chi connectivity index (χ1v) is 10.0. The van der Waals surface area contributed by atoms with Crippen LogP contribution in [0.1, 0.15) is 25.7 Å². The van der Waals surface area contributed by atoms with Crippen LogP contribution in [0.15, 0.2) is 41.9 Å². The van der Waals surface area contributed by atoms with Crippen molar-refractivity contribution in [2.75, 3.05) is 31.6 Å². The molecule has 0 unspecified atom stereocenters. The lowest BCUT2D eigenvalue weighted by Gasteiger charge is -2.30. The molecule has 0 saturated carbocycles. The van der Waals surface area contributed by atoms with Gasteiger partial charge in [-0.05, 0) is 43.3 Å². The largest absolute Gasteiger partial charge is 0.377 e. The number of anilines is 1. The van der Waals surface area contributed by atoms with Gasteiger partial charge in [0.05, 0.1) is 5.69 Å². The molecule has 1 aromatic heterocycles. The van der Waals surface area contributed by atoms with Gasteiger partial charge >= 0.3 is 0 Å². The lowest BCUT2D eigenvalue weighted by atomic mass is 10.1. The summed E-state index contributed by atoms with van der Waals surface area (Å²) in [6.07, 6.45) is 5.76. The average Bonchev–Trinajstić information content (AvgIpc) is 3.13. The van der Waals surface area contributed by atoms with Crippen LogP contribution in [0.3, 0.4) is 0 Å². The number of alkyl halides is 2. The van der Waals surface area contributed by atoms with E-state index in [2.05, 4.69) is 16.0 Å². The molecule has 0 bridgehead atoms. The Hall–Kier alpha value is -2.02. The van der Waals surface area contributed by atoms with E-state index in [1.165, 1.54) is 12.1 Å². The normalized spacial score (nSPS) is 16.8. The summed E-state index contributed by atoms with van der Waals surface area (Å²) in [5, 5.41) is 2.90. The Morgan fingerprint density at radius 3 is 2.63 bits per heavy atom. The maximum atomic E-state index is 13.1. The summed E-state index contributed by atoms with van der Waals surface area (Å²) in [7, 11) is 2.00. The Balaban J connectivity index is 1.41. The number of unbranched alkanes of at least 4 members (excludes halogenated alkanes) is 1. The molecular weight excluding hydrogens is 371 g/mol. The molecule has 3 rings (SSSR count). The highest BCUT2D eigenvalue weighted by atomic mass is 32.1. The molecule has 1 aliphatic rings. The van der Waals surface area contributed by atoms with Crippen LogP contribution in [0.4, 0.5) is 18.3 Å². The van der Waals surface area contributed by atoms with Crippen molar-refractivity contribution in [3.63, 3.8) is 0 Å². The van der Waals surface area contributed by atoms with Gasteiger partial charge in [-0.3, -0.25) is 0 Å². The van der Waals surface area contributed by atoms with Crippen LogP contribution in [-0.4, -0.2) is 42.5 Å². The first-order valence-electron chi connectivity index (χ1n) is 9.14. The second-order valence-corrected chi connectivity index (χ2v) is 7.70. The summed E-state index contributed by atoms with van der Waals surface area (Å²) in [6.45, 7) is 1.71. The van der Waals surface area contributed by atoms with Gasteiger partial charge in [0.2, 0.25) is 0 Å². The summed E-state index contributed by atoms with van der Waals surface area (Å²) >= 11 is 1.57. The summed E-state index contributed by atoms with van der Waals surface area (Å²) in [5.41, 5.74) is 1.76. The molecule has 1 fully saturated rings. The van der Waals surface area contributed by atoms with Crippen LogP contribution in [0, 0.1) is 5.82 Å². The smallest absolute Gasteiger partial charge is 0.251 e. The Bertz CT molecular complexity index is 748. The third-order valence-electron chi connectivity index (χ3n) is 4.67. The molecule has 3 nitrogen and oxygen atoms in total. The Labute approximate surface area is 162 Å². The summed E-state index contributed by atoms with van der Waals surface area (Å²) < 4.78 is 39.3. The number of thiazole rings is 1. The van der Waals surface area contributed by atoms with Crippen LogP contribution >= 0.6 is 11.3 Å². The van der Waals surface area contributed by atoms with Crippen molar-refractivity contribution < 1.29 is 13.2 Å². The first-order chi connectivity index (χ1) is 12.9. The molecule has 2 heterocycles. The number of benzene rings is 1. The highest BCUT2D eigenvalue weighted by Gasteiger charge is 2.32. The minimum Gasteiger partial charge on any atom is -0.377 e. The van der Waals surface area contributed by atoms with Crippen molar-refractivity contribution in [2.45, 2.75) is 31.6 Å². The van der Waals surface area contributed by atoms with Crippen molar-refractivity contribution in [3.05, 3.63) is 47.7 Å². The standard InChI is InChI=1S/C20H24F3N3S/c1-25(11-3-2-4-12-26-13-9-20(22,23)10-14-26)19-24-18(15-27-19)16-5-7-17(21)8-6-16/h4-8,12,15H,2-3,9-11,13-14H2,1H3. The number of piperidine rings is 1. The molecule has 0 N–H and O–H groups in total. The minimum absolute atomic E-state index is 0.0550. The molecule has 0 amide bonds. The number of nitrogens with zero attached hydrogens (tertiary/aromatic N) is 3. The number of aromatic nitrogens is 1. The number of hydrogen-bond donors (Lipinski definition) is 0. The topological polar surface area (TPSA) is 19.4 Å². The Morgan fingerprint density at radius 2 is 1.93 bits per heavy atom. The van der Waals surface area contributed by atoms with Crippen molar-refractivity contribution in [2.24, 2.45) is 0 Å². The molecule has 0 atom stereocenters. The molecule has 0 radical (unpaired) electrons. The number of halogens is 3. The number of rotatable bonds is 7. The molecule has 1 saturated heterocycles. The summed E-state index contributed by atoms with van der Waals surface area (Å²) in [5.74, 6) is -2.74. The Morgan fingerprint density at radius 1 is 1.22 bits per heavy atom. The molecule has 27 heavy (non-hydrogen) atoms. The van der Waals surface area contributed by atoms with E-state index < -0.39 is 5.92 Å². The zero-order chi connectivity index (χ0) is 19.3. The molecule has 146 valence electrons. The van der Waals surface area contributed by atoms with Crippen molar-refractivity contribution in [3.8, 4) is 11.3 Å². The molecular formula is C20H24F3N3S. The molecule has 2 aromatic rings. The van der Waals surface area contributed by atoms with E-state index >= 15 is 0 Å². The maximum absolute atomic E-state index is 13.1. The molecule has 0 spiro atoms. The van der Waals surface area contributed by atoms with Gasteiger partial charge in [-0.1, -0.05) is 6.08 Å². The predicted octanol–water partition coefficient (Wildman–Crippen LogP) is 5.41. The van der Waals surface area contributed by atoms with Gasteiger partial charge in [0.25, 0.3) is 5.92 Å². The van der Waals surface area contributed by atoms with Gasteiger partial charge in [-0.2, -0.15) is 0 Å². The number of likely N-dealkylation sites (tertiary alicyclic amines) is 1. The lowest BCUT2D eigenvalue weighted by molar-refractivity contribution is -0.0469. The van der Waals surface area contributed by atoms with Gasteiger partial charge in [0.1, 0.15) is 5.82 Å². The fraction of sp³-hybridized carbons (Fsp3) is 0.450. The van der Waals surface area contributed by atoms with E-state index in [1.54, 1.807) is 23.5 Å². The molecule has 1 aliphatic heterocycles. The van der Waals surface area contributed by atoms with E-state index in [9.17, 15) is 13.2 Å². The van der Waals surface area contributed by atoms with Crippen LogP contribution in [0.5, 0.6) is 0 Å². The number of hydrogen-bond acceptors (Lipinski definition) is 4. The molecule has 7 heteroatoms. The van der Waals surface area contributed by atoms with E-state index in [1.807, 2.05) is 23.5 Å². The van der Waals surface area contributed by atoms with Crippen molar-refractivity contribution in [1.82, 2.24) is 9.88 Å². The lowest BCUT2D eigenvalue weighted by Crippen LogP contribution is -2.36. The van der Waals surface area contributed by atoms with Crippen LogP contribution in [-0.2, 0) is 0 Å². The van der Waals surface area contributed by atoms with Gasteiger partial charge in [0.15, 0.2) is 5.13 Å². The number of allylic oxidation sites excluding steroid dienone is 1. The third kappa shape index (κ3) is 5.73. The van der Waals surface area contributed by atoms with E-state index in [0.717, 1.165) is 35.8 Å². The SMILES string of the molecule is CN(CCCC=CN1CCC(F)(F)CC1)c1nc(-c2ccc(F)cc2)cs1. The maximum Gasteiger partial charge on any atom is 0.251 e. The van der Waals surface area contributed by atoms with Crippen LogP contribution in [0.25, 0.3) is 11.3 Å². The highest BCUT2D eigenvalue weighted by molar-refractivity contribution is 7.14. The zero-order valence-electron chi connectivity index (χ0n) is 15.4. The second kappa shape index (κ2) is 8.78. The highest BCUT2D eigenvalue weighted by Crippen LogP contribution is 2.28. The van der Waals surface area contributed by atoms with Gasteiger partial charge < -0.3 is 9.80 Å². The van der Waals surface area contributed by atoms with E-state index in [-0.39, 0.29) is 18.7 Å². The molecule has 0 aliphatic carbocycles. The Kier molecular flexibility index (Phi) is 6.42. The zero-order valence-corrected chi connectivity index (χ0v) is 16.2. The quantitative estimate of drug-likeness (QED) is 0.584. The monoisotopic (exact) mass is 395 g/mol.